The average molecular weight is 370 g/mol. The minimum atomic E-state index is -0.0417. The summed E-state index contributed by atoms with van der Waals surface area (Å²) in [6.45, 7) is 10.2. The van der Waals surface area contributed by atoms with Gasteiger partial charge in [0.05, 0.1) is 6.61 Å². The van der Waals surface area contributed by atoms with Gasteiger partial charge in [0.1, 0.15) is 5.75 Å². The second-order valence-corrected chi connectivity index (χ2v) is 7.42. The van der Waals surface area contributed by atoms with Crippen LogP contribution in [0.4, 0.5) is 0 Å². The van der Waals surface area contributed by atoms with E-state index in [1.807, 2.05) is 24.3 Å². The van der Waals surface area contributed by atoms with E-state index < -0.39 is 0 Å². The fourth-order valence-corrected chi connectivity index (χ4v) is 3.71. The third-order valence-electron chi connectivity index (χ3n) is 5.01. The third-order valence-corrected chi connectivity index (χ3v) is 5.01. The van der Waals surface area contributed by atoms with Gasteiger partial charge in [0.25, 0.3) is 6.47 Å². The largest absolute Gasteiger partial charge is 0.428 e. The molecule has 0 saturated carbocycles. The van der Waals surface area contributed by atoms with Crippen LogP contribution >= 0.6 is 0 Å². The fourth-order valence-electron chi connectivity index (χ4n) is 3.71. The van der Waals surface area contributed by atoms with Crippen molar-refractivity contribution in [1.82, 2.24) is 4.90 Å². The molecule has 0 spiro atoms. The van der Waals surface area contributed by atoms with E-state index in [4.69, 9.17) is 4.74 Å². The summed E-state index contributed by atoms with van der Waals surface area (Å²) in [5.41, 5.74) is 2.93. The highest BCUT2D eigenvalue weighted by molar-refractivity contribution is 5.51. The normalized spacial score (nSPS) is 12.6. The lowest BCUT2D eigenvalue weighted by Gasteiger charge is -2.32. The van der Waals surface area contributed by atoms with Crippen molar-refractivity contribution in [2.45, 2.75) is 58.7 Å². The lowest BCUT2D eigenvalue weighted by molar-refractivity contribution is -0.120. The van der Waals surface area contributed by atoms with Crippen LogP contribution in [-0.2, 0) is 11.4 Å². The first-order valence-corrected chi connectivity index (χ1v) is 9.62. The Kier molecular flexibility index (Phi) is 8.01. The summed E-state index contributed by atoms with van der Waals surface area (Å²) in [6, 6.07) is 16.7. The standard InChI is InChI=1S/C23H31NO3/c1-17(2)24(18(3)4)13-12-21(20-8-6-5-7-9-20)22-14-19(15-25)10-11-23(22)27-16-26/h5-11,14,16-18,21,25H,12-13,15H2,1-4H3. The molecule has 27 heavy (non-hydrogen) atoms. The molecule has 1 atom stereocenters. The third kappa shape index (κ3) is 5.65. The van der Waals surface area contributed by atoms with E-state index in [1.54, 1.807) is 12.1 Å². The monoisotopic (exact) mass is 369 g/mol. The molecule has 0 bridgehead atoms. The van der Waals surface area contributed by atoms with Crippen molar-refractivity contribution >= 4 is 6.47 Å². The van der Waals surface area contributed by atoms with Crippen LogP contribution in [0.2, 0.25) is 0 Å². The molecule has 4 nitrogen and oxygen atoms in total. The van der Waals surface area contributed by atoms with Gasteiger partial charge in [-0.2, -0.15) is 0 Å². The zero-order valence-electron chi connectivity index (χ0n) is 16.8. The van der Waals surface area contributed by atoms with E-state index in [1.165, 1.54) is 5.56 Å². The van der Waals surface area contributed by atoms with Crippen LogP contribution in [0.3, 0.4) is 0 Å². The van der Waals surface area contributed by atoms with Crippen LogP contribution in [0, 0.1) is 0 Å². The van der Waals surface area contributed by atoms with Crippen LogP contribution in [0.1, 0.15) is 56.7 Å². The maximum Gasteiger partial charge on any atom is 0.298 e. The number of rotatable bonds is 10. The van der Waals surface area contributed by atoms with Crippen molar-refractivity contribution in [2.75, 3.05) is 6.54 Å². The van der Waals surface area contributed by atoms with Crippen LogP contribution in [0.25, 0.3) is 0 Å². The van der Waals surface area contributed by atoms with Crippen LogP contribution in [0.15, 0.2) is 48.5 Å². The molecule has 1 unspecified atom stereocenters. The first kappa shape index (κ1) is 21.1. The number of hydrogen-bond acceptors (Lipinski definition) is 4. The summed E-state index contributed by atoms with van der Waals surface area (Å²) in [4.78, 5) is 13.5. The number of benzene rings is 2. The summed E-state index contributed by atoms with van der Waals surface area (Å²) in [5.74, 6) is 0.629. The molecule has 0 aromatic heterocycles. The second-order valence-electron chi connectivity index (χ2n) is 7.42. The average Bonchev–Trinajstić information content (AvgIpc) is 2.66. The van der Waals surface area contributed by atoms with E-state index in [0.717, 1.165) is 24.1 Å². The predicted molar refractivity (Wildman–Crippen MR) is 109 cm³/mol. The van der Waals surface area contributed by atoms with Gasteiger partial charge < -0.3 is 9.84 Å². The van der Waals surface area contributed by atoms with Crippen LogP contribution in [-0.4, -0.2) is 35.1 Å². The smallest absolute Gasteiger partial charge is 0.298 e. The zero-order valence-corrected chi connectivity index (χ0v) is 16.8. The Hall–Kier alpha value is -2.17. The number of carbonyl (C=O) groups is 1. The van der Waals surface area contributed by atoms with Gasteiger partial charge in [-0.1, -0.05) is 36.4 Å². The Morgan fingerprint density at radius 3 is 2.26 bits per heavy atom. The summed E-state index contributed by atoms with van der Waals surface area (Å²) in [7, 11) is 0. The van der Waals surface area contributed by atoms with Crippen LogP contribution < -0.4 is 4.74 Å². The van der Waals surface area contributed by atoms with Gasteiger partial charge in [-0.3, -0.25) is 9.69 Å². The van der Waals surface area contributed by atoms with Gasteiger partial charge in [-0.15, -0.1) is 0 Å². The first-order valence-electron chi connectivity index (χ1n) is 9.62. The molecule has 0 fully saturated rings. The molecule has 0 aliphatic heterocycles. The molecular weight excluding hydrogens is 338 g/mol. The van der Waals surface area contributed by atoms with Gasteiger partial charge in [-0.25, -0.2) is 0 Å². The van der Waals surface area contributed by atoms with Gasteiger partial charge in [0.2, 0.25) is 0 Å². The predicted octanol–water partition coefficient (Wildman–Crippen LogP) is 4.35. The SMILES string of the molecule is CC(C)N(CCC(c1ccccc1)c1cc(CO)ccc1OC=O)C(C)C. The maximum absolute atomic E-state index is 11.0. The quantitative estimate of drug-likeness (QED) is 0.633. The van der Waals surface area contributed by atoms with Crippen molar-refractivity contribution in [3.8, 4) is 5.75 Å². The molecular formula is C23H31NO3. The molecule has 146 valence electrons. The van der Waals surface area contributed by atoms with Crippen molar-refractivity contribution in [1.29, 1.82) is 0 Å². The van der Waals surface area contributed by atoms with E-state index >= 15 is 0 Å². The lowest BCUT2D eigenvalue weighted by Crippen LogP contribution is -2.38. The summed E-state index contributed by atoms with van der Waals surface area (Å²) in [6.07, 6.45) is 0.893. The van der Waals surface area contributed by atoms with Gasteiger partial charge in [-0.05, 0) is 63.9 Å². The molecule has 4 heteroatoms. The summed E-state index contributed by atoms with van der Waals surface area (Å²) in [5, 5.41) is 9.58. The van der Waals surface area contributed by atoms with Gasteiger partial charge >= 0.3 is 0 Å². The minimum Gasteiger partial charge on any atom is -0.428 e. The molecule has 2 aromatic carbocycles. The topological polar surface area (TPSA) is 49.8 Å². The van der Waals surface area contributed by atoms with E-state index in [-0.39, 0.29) is 12.5 Å². The molecule has 0 saturated heterocycles. The van der Waals surface area contributed by atoms with Crippen molar-refractivity contribution in [3.05, 3.63) is 65.2 Å². The molecule has 2 aromatic rings. The lowest BCUT2D eigenvalue weighted by atomic mass is 9.86. The number of ether oxygens (including phenoxy) is 1. The van der Waals surface area contributed by atoms with Crippen molar-refractivity contribution < 1.29 is 14.6 Å². The van der Waals surface area contributed by atoms with Gasteiger partial charge in [0, 0.05) is 23.6 Å². The molecule has 0 aliphatic carbocycles. The molecule has 0 heterocycles. The van der Waals surface area contributed by atoms with Crippen molar-refractivity contribution in [2.24, 2.45) is 0 Å². The van der Waals surface area contributed by atoms with Crippen molar-refractivity contribution in [3.63, 3.8) is 0 Å². The van der Waals surface area contributed by atoms with E-state index in [0.29, 0.717) is 24.3 Å². The second kappa shape index (κ2) is 10.2. The highest BCUT2D eigenvalue weighted by atomic mass is 16.5. The molecule has 2 rings (SSSR count). The Morgan fingerprint density at radius 2 is 1.70 bits per heavy atom. The number of hydrogen-bond donors (Lipinski definition) is 1. The Balaban J connectivity index is 2.43. The zero-order chi connectivity index (χ0) is 19.8. The fraction of sp³-hybridized carbons (Fsp3) is 0.435. The Morgan fingerprint density at radius 1 is 1.04 bits per heavy atom. The number of carbonyl (C=O) groups excluding carboxylic acids is 1. The number of aliphatic hydroxyl groups excluding tert-OH is 1. The van der Waals surface area contributed by atoms with Crippen LogP contribution in [0.5, 0.6) is 5.75 Å². The molecule has 1 N–H and O–H groups in total. The number of nitrogens with zero attached hydrogens (tertiary/aromatic N) is 1. The first-order chi connectivity index (χ1) is 13.0. The summed E-state index contributed by atoms with van der Waals surface area (Å²) < 4.78 is 5.26. The van der Waals surface area contributed by atoms with E-state index in [2.05, 4.69) is 44.7 Å². The molecule has 0 aliphatic rings. The van der Waals surface area contributed by atoms with E-state index in [9.17, 15) is 9.90 Å². The van der Waals surface area contributed by atoms with Gasteiger partial charge in [0.15, 0.2) is 0 Å². The maximum atomic E-state index is 11.0. The Bertz CT molecular complexity index is 705. The Labute approximate surface area is 162 Å². The number of aliphatic hydroxyl groups is 1. The minimum absolute atomic E-state index is 0.0417. The molecule has 0 amide bonds. The molecule has 0 radical (unpaired) electrons. The summed E-state index contributed by atoms with van der Waals surface area (Å²) >= 11 is 0. The highest BCUT2D eigenvalue weighted by Gasteiger charge is 2.22. The highest BCUT2D eigenvalue weighted by Crippen LogP contribution is 2.35.